The van der Waals surface area contributed by atoms with Crippen LogP contribution in [0.3, 0.4) is 0 Å². The lowest BCUT2D eigenvalue weighted by molar-refractivity contribution is -0.121. The van der Waals surface area contributed by atoms with E-state index >= 15 is 0 Å². The van der Waals surface area contributed by atoms with E-state index in [4.69, 9.17) is 11.6 Å². The summed E-state index contributed by atoms with van der Waals surface area (Å²) >= 11 is 5.85. The summed E-state index contributed by atoms with van der Waals surface area (Å²) in [7, 11) is 0. The van der Waals surface area contributed by atoms with Gasteiger partial charge in [-0.2, -0.15) is 0 Å². The number of aliphatic hydroxyl groups excluding tert-OH is 1. The second-order valence-corrected chi connectivity index (χ2v) is 6.33. The van der Waals surface area contributed by atoms with Crippen LogP contribution in [0.25, 0.3) is 0 Å². The van der Waals surface area contributed by atoms with Gasteiger partial charge in [0.15, 0.2) is 11.5 Å². The van der Waals surface area contributed by atoms with Crippen molar-refractivity contribution in [2.24, 2.45) is 5.92 Å². The molecule has 3 rings (SSSR count). The Kier molecular flexibility index (Phi) is 4.21. The van der Waals surface area contributed by atoms with E-state index in [1.165, 1.54) is 4.90 Å². The van der Waals surface area contributed by atoms with Gasteiger partial charge in [-0.15, -0.1) is 0 Å². The highest BCUT2D eigenvalue weighted by molar-refractivity contribution is 6.30. The van der Waals surface area contributed by atoms with Crippen LogP contribution >= 0.6 is 11.6 Å². The highest BCUT2D eigenvalue weighted by Crippen LogP contribution is 2.31. The zero-order valence-electron chi connectivity index (χ0n) is 12.2. The minimum absolute atomic E-state index is 0.0520. The Hall–Kier alpha value is -1.81. The van der Waals surface area contributed by atoms with E-state index in [0.717, 1.165) is 32.1 Å². The quantitative estimate of drug-likeness (QED) is 0.925. The standard InChI is InChI=1S/C17H18ClNO3/c18-12-6-8-13(9-7-12)19-10-14(16(21)17(19)22)15(20)11-4-2-1-3-5-11/h6-9,11,21H,1-5,10H2. The van der Waals surface area contributed by atoms with E-state index in [2.05, 4.69) is 0 Å². The van der Waals surface area contributed by atoms with E-state index in [9.17, 15) is 14.7 Å². The summed E-state index contributed by atoms with van der Waals surface area (Å²) in [4.78, 5) is 26.2. The maximum atomic E-state index is 12.6. The molecule has 0 atom stereocenters. The van der Waals surface area contributed by atoms with E-state index in [-0.39, 0.29) is 23.8 Å². The molecule has 22 heavy (non-hydrogen) atoms. The molecule has 2 aliphatic rings. The number of amides is 1. The second-order valence-electron chi connectivity index (χ2n) is 5.89. The zero-order chi connectivity index (χ0) is 15.7. The van der Waals surface area contributed by atoms with Gasteiger partial charge in [-0.1, -0.05) is 30.9 Å². The number of rotatable bonds is 3. The smallest absolute Gasteiger partial charge is 0.293 e. The summed E-state index contributed by atoms with van der Waals surface area (Å²) < 4.78 is 0. The fourth-order valence-electron chi connectivity index (χ4n) is 3.20. The molecule has 1 heterocycles. The number of carbonyl (C=O) groups is 2. The summed E-state index contributed by atoms with van der Waals surface area (Å²) in [5, 5.41) is 10.7. The highest BCUT2D eigenvalue weighted by Gasteiger charge is 2.37. The number of halogens is 1. The summed E-state index contributed by atoms with van der Waals surface area (Å²) in [5.74, 6) is -1.03. The first-order valence-electron chi connectivity index (χ1n) is 7.61. The summed E-state index contributed by atoms with van der Waals surface area (Å²) in [6.07, 6.45) is 4.94. The number of hydrogen-bond donors (Lipinski definition) is 1. The second kappa shape index (κ2) is 6.13. The van der Waals surface area contributed by atoms with Gasteiger partial charge >= 0.3 is 0 Å². The molecule has 0 radical (unpaired) electrons. The molecular formula is C17H18ClNO3. The molecule has 0 saturated heterocycles. The fourth-order valence-corrected chi connectivity index (χ4v) is 3.32. The molecule has 1 amide bonds. The van der Waals surface area contributed by atoms with Crippen LogP contribution in [0.1, 0.15) is 32.1 Å². The maximum absolute atomic E-state index is 12.6. The van der Waals surface area contributed by atoms with E-state index < -0.39 is 11.7 Å². The Morgan fingerprint density at radius 1 is 1.14 bits per heavy atom. The van der Waals surface area contributed by atoms with Crippen LogP contribution in [0.4, 0.5) is 5.69 Å². The normalized spacial score (nSPS) is 19.9. The van der Waals surface area contributed by atoms with Crippen molar-refractivity contribution in [1.82, 2.24) is 0 Å². The Morgan fingerprint density at radius 3 is 2.41 bits per heavy atom. The molecule has 0 unspecified atom stereocenters. The largest absolute Gasteiger partial charge is 0.503 e. The number of carbonyl (C=O) groups excluding carboxylic acids is 2. The van der Waals surface area contributed by atoms with Gasteiger partial charge in [0.05, 0.1) is 12.1 Å². The van der Waals surface area contributed by atoms with Crippen molar-refractivity contribution in [3.05, 3.63) is 40.6 Å². The molecule has 1 aliphatic carbocycles. The fraction of sp³-hybridized carbons (Fsp3) is 0.412. The van der Waals surface area contributed by atoms with Crippen LogP contribution in [-0.2, 0) is 9.59 Å². The minimum atomic E-state index is -0.513. The number of nitrogens with zero attached hydrogens (tertiary/aromatic N) is 1. The van der Waals surface area contributed by atoms with Gasteiger partial charge < -0.3 is 10.0 Å². The van der Waals surface area contributed by atoms with Gasteiger partial charge in [-0.3, -0.25) is 9.59 Å². The van der Waals surface area contributed by atoms with E-state index in [1.807, 2.05) is 0 Å². The summed E-state index contributed by atoms with van der Waals surface area (Å²) in [6.45, 7) is 0.141. The summed E-state index contributed by atoms with van der Waals surface area (Å²) in [6, 6.07) is 6.79. The predicted octanol–water partition coefficient (Wildman–Crippen LogP) is 3.65. The van der Waals surface area contributed by atoms with Crippen molar-refractivity contribution in [2.45, 2.75) is 32.1 Å². The molecule has 0 bridgehead atoms. The SMILES string of the molecule is O=C(C1=C(O)C(=O)N(c2ccc(Cl)cc2)C1)C1CCCCC1. The average molecular weight is 320 g/mol. The van der Waals surface area contributed by atoms with Crippen molar-refractivity contribution >= 4 is 29.0 Å². The molecule has 1 aromatic rings. The monoisotopic (exact) mass is 319 g/mol. The summed E-state index contributed by atoms with van der Waals surface area (Å²) in [5.41, 5.74) is 0.888. The first-order valence-corrected chi connectivity index (χ1v) is 7.99. The molecule has 5 heteroatoms. The lowest BCUT2D eigenvalue weighted by Crippen LogP contribution is -2.28. The van der Waals surface area contributed by atoms with Gasteiger partial charge in [0, 0.05) is 16.6 Å². The van der Waals surface area contributed by atoms with Crippen LogP contribution < -0.4 is 4.90 Å². The van der Waals surface area contributed by atoms with Gasteiger partial charge in [-0.25, -0.2) is 0 Å². The molecule has 0 spiro atoms. The van der Waals surface area contributed by atoms with Gasteiger partial charge in [0.2, 0.25) is 0 Å². The molecule has 1 aromatic carbocycles. The number of anilines is 1. The topological polar surface area (TPSA) is 57.6 Å². The van der Waals surface area contributed by atoms with Crippen LogP contribution in [0.15, 0.2) is 35.6 Å². The number of aliphatic hydroxyl groups is 1. The molecule has 0 aromatic heterocycles. The number of Topliss-reactive ketones (excluding diaryl/α,β-unsaturated/α-hetero) is 1. The Bertz CT molecular complexity index is 630. The molecule has 1 aliphatic heterocycles. The first kappa shape index (κ1) is 15.1. The number of ketones is 1. The Morgan fingerprint density at radius 2 is 1.77 bits per heavy atom. The molecule has 1 saturated carbocycles. The molecule has 1 fully saturated rings. The van der Waals surface area contributed by atoms with Crippen molar-refractivity contribution in [1.29, 1.82) is 0 Å². The van der Waals surface area contributed by atoms with Gasteiger partial charge in [-0.05, 0) is 37.1 Å². The van der Waals surface area contributed by atoms with Gasteiger partial charge in [0.1, 0.15) is 0 Å². The van der Waals surface area contributed by atoms with Crippen LogP contribution in [0, 0.1) is 5.92 Å². The third-order valence-electron chi connectivity index (χ3n) is 4.46. The predicted molar refractivity (Wildman–Crippen MR) is 85.0 cm³/mol. The van der Waals surface area contributed by atoms with Crippen LogP contribution in [-0.4, -0.2) is 23.3 Å². The maximum Gasteiger partial charge on any atom is 0.293 e. The molecular weight excluding hydrogens is 302 g/mol. The van der Waals surface area contributed by atoms with Gasteiger partial charge in [0.25, 0.3) is 5.91 Å². The minimum Gasteiger partial charge on any atom is -0.503 e. The Labute approximate surface area is 134 Å². The Balaban J connectivity index is 1.80. The first-order chi connectivity index (χ1) is 10.6. The number of benzene rings is 1. The molecule has 4 nitrogen and oxygen atoms in total. The third kappa shape index (κ3) is 2.75. The van der Waals surface area contributed by atoms with Crippen LogP contribution in [0.5, 0.6) is 0 Å². The van der Waals surface area contributed by atoms with Crippen LogP contribution in [0.2, 0.25) is 5.02 Å². The molecule has 1 N–H and O–H groups in total. The van der Waals surface area contributed by atoms with Crippen molar-refractivity contribution in [2.75, 3.05) is 11.4 Å². The van der Waals surface area contributed by atoms with E-state index in [1.54, 1.807) is 24.3 Å². The number of hydrogen-bond acceptors (Lipinski definition) is 3. The van der Waals surface area contributed by atoms with Crippen molar-refractivity contribution < 1.29 is 14.7 Å². The van der Waals surface area contributed by atoms with Crippen molar-refractivity contribution in [3.63, 3.8) is 0 Å². The average Bonchev–Trinajstić information content (AvgIpc) is 2.84. The molecule has 116 valence electrons. The highest BCUT2D eigenvalue weighted by atomic mass is 35.5. The van der Waals surface area contributed by atoms with E-state index in [0.29, 0.717) is 10.7 Å². The van der Waals surface area contributed by atoms with Crippen molar-refractivity contribution in [3.8, 4) is 0 Å². The lowest BCUT2D eigenvalue weighted by atomic mass is 9.83. The zero-order valence-corrected chi connectivity index (χ0v) is 13.0. The third-order valence-corrected chi connectivity index (χ3v) is 4.71. The lowest BCUT2D eigenvalue weighted by Gasteiger charge is -2.21.